The lowest BCUT2D eigenvalue weighted by atomic mass is 10.2. The van der Waals surface area contributed by atoms with E-state index >= 15 is 0 Å². The van der Waals surface area contributed by atoms with Crippen molar-refractivity contribution < 1.29 is 9.90 Å². The van der Waals surface area contributed by atoms with Crippen molar-refractivity contribution in [3.63, 3.8) is 0 Å². The number of aromatic nitrogens is 2. The molecule has 1 rings (SSSR count). The third kappa shape index (κ3) is 2.29. The van der Waals surface area contributed by atoms with Gasteiger partial charge in [-0.25, -0.2) is 9.97 Å². The lowest BCUT2D eigenvalue weighted by Crippen LogP contribution is -1.93. The minimum absolute atomic E-state index is 0.151. The summed E-state index contributed by atoms with van der Waals surface area (Å²) in [4.78, 5) is 18.4. The Balaban J connectivity index is 3.07. The predicted octanol–water partition coefficient (Wildman–Crippen LogP) is 1.30. The summed E-state index contributed by atoms with van der Waals surface area (Å²) in [6.07, 6.45) is 4.66. The van der Waals surface area contributed by atoms with Crippen molar-refractivity contribution in [2.45, 2.75) is 5.16 Å². The van der Waals surface area contributed by atoms with Crippen LogP contribution in [-0.2, 0) is 4.79 Å². The molecule has 0 amide bonds. The molecule has 0 aliphatic carbocycles. The molecule has 0 saturated heterocycles. The van der Waals surface area contributed by atoms with Gasteiger partial charge in [-0.15, -0.1) is 0 Å². The number of aliphatic hydroxyl groups excluding tert-OH is 1. The third-order valence-electron chi connectivity index (χ3n) is 1.38. The lowest BCUT2D eigenvalue weighted by molar-refractivity contribution is -0.103. The predicted molar refractivity (Wildman–Crippen MR) is 50.5 cm³/mol. The first-order chi connectivity index (χ1) is 6.31. The molecule has 0 radical (unpaired) electrons. The molecule has 0 aliphatic heterocycles. The zero-order chi connectivity index (χ0) is 9.68. The molecule has 0 bridgehead atoms. The zero-order valence-corrected chi connectivity index (χ0v) is 7.78. The van der Waals surface area contributed by atoms with Crippen LogP contribution in [0.2, 0.25) is 0 Å². The van der Waals surface area contributed by atoms with E-state index in [9.17, 15) is 4.79 Å². The third-order valence-corrected chi connectivity index (χ3v) is 1.94. The first-order valence-electron chi connectivity index (χ1n) is 3.48. The van der Waals surface area contributed by atoms with Crippen LogP contribution in [0.5, 0.6) is 0 Å². The first-order valence-corrected chi connectivity index (χ1v) is 4.71. The van der Waals surface area contributed by atoms with Gasteiger partial charge in [0.05, 0.1) is 17.5 Å². The first kappa shape index (κ1) is 9.73. The van der Waals surface area contributed by atoms with Crippen molar-refractivity contribution in [1.29, 1.82) is 0 Å². The fraction of sp³-hybridized carbons (Fsp3) is 0.125. The Labute approximate surface area is 79.7 Å². The van der Waals surface area contributed by atoms with Crippen LogP contribution in [0.15, 0.2) is 23.7 Å². The van der Waals surface area contributed by atoms with Gasteiger partial charge in [0.15, 0.2) is 11.4 Å². The summed E-state index contributed by atoms with van der Waals surface area (Å²) in [5, 5.41) is 9.25. The van der Waals surface area contributed by atoms with E-state index in [2.05, 4.69) is 9.97 Å². The fourth-order valence-electron chi connectivity index (χ4n) is 0.757. The second-order valence-electron chi connectivity index (χ2n) is 2.13. The van der Waals surface area contributed by atoms with E-state index in [1.807, 2.05) is 6.26 Å². The monoisotopic (exact) mass is 196 g/mol. The molecule has 68 valence electrons. The van der Waals surface area contributed by atoms with E-state index in [-0.39, 0.29) is 5.57 Å². The molecule has 1 N–H and O–H groups in total. The van der Waals surface area contributed by atoms with Crippen LogP contribution in [0.25, 0.3) is 5.57 Å². The standard InChI is InChI=1S/C8H8N2O2S/c1-13-8-9-3-2-7(10-8)6(4-11)5-12/h2-5,11H,1H3. The quantitative estimate of drug-likeness (QED) is 0.259. The number of aldehydes is 1. The van der Waals surface area contributed by atoms with Crippen molar-refractivity contribution in [2.75, 3.05) is 6.26 Å². The van der Waals surface area contributed by atoms with E-state index in [0.29, 0.717) is 17.1 Å². The van der Waals surface area contributed by atoms with Crippen LogP contribution in [-0.4, -0.2) is 27.6 Å². The molecule has 1 aromatic heterocycles. The average molecular weight is 196 g/mol. The highest BCUT2D eigenvalue weighted by atomic mass is 32.2. The normalized spacial score (nSPS) is 11.3. The van der Waals surface area contributed by atoms with Crippen LogP contribution in [0.4, 0.5) is 0 Å². The molecule has 0 spiro atoms. The Morgan fingerprint density at radius 2 is 2.46 bits per heavy atom. The van der Waals surface area contributed by atoms with E-state index in [1.165, 1.54) is 11.8 Å². The number of allylic oxidation sites excluding steroid dienone is 1. The van der Waals surface area contributed by atoms with Crippen LogP contribution in [0, 0.1) is 0 Å². The second-order valence-corrected chi connectivity index (χ2v) is 2.90. The Morgan fingerprint density at radius 3 is 3.00 bits per heavy atom. The van der Waals surface area contributed by atoms with Gasteiger partial charge >= 0.3 is 0 Å². The SMILES string of the molecule is CSc1nccc(C(C=O)=CO)n1. The molecule has 0 unspecified atom stereocenters. The Bertz CT molecular complexity index is 339. The molecule has 1 aromatic rings. The van der Waals surface area contributed by atoms with Crippen molar-refractivity contribution in [3.05, 3.63) is 24.2 Å². The zero-order valence-electron chi connectivity index (χ0n) is 6.97. The highest BCUT2D eigenvalue weighted by Crippen LogP contribution is 2.12. The largest absolute Gasteiger partial charge is 0.515 e. The Morgan fingerprint density at radius 1 is 1.69 bits per heavy atom. The number of carbonyl (C=O) groups is 1. The summed E-state index contributed by atoms with van der Waals surface area (Å²) in [6.45, 7) is 0. The van der Waals surface area contributed by atoms with Crippen LogP contribution in [0.1, 0.15) is 5.69 Å². The number of hydrogen-bond donors (Lipinski definition) is 1. The van der Waals surface area contributed by atoms with E-state index in [0.717, 1.165) is 6.26 Å². The van der Waals surface area contributed by atoms with Gasteiger partial charge in [0.1, 0.15) is 0 Å². The van der Waals surface area contributed by atoms with Gasteiger partial charge in [-0.05, 0) is 12.3 Å². The number of nitrogens with zero attached hydrogens (tertiary/aromatic N) is 2. The second kappa shape index (κ2) is 4.61. The van der Waals surface area contributed by atoms with Crippen molar-refractivity contribution >= 4 is 23.6 Å². The van der Waals surface area contributed by atoms with Crippen molar-refractivity contribution in [1.82, 2.24) is 9.97 Å². The molecular formula is C8H8N2O2S. The maximum Gasteiger partial charge on any atom is 0.187 e. The smallest absolute Gasteiger partial charge is 0.187 e. The molecule has 1 heterocycles. The van der Waals surface area contributed by atoms with Gasteiger partial charge in [-0.2, -0.15) is 0 Å². The van der Waals surface area contributed by atoms with Crippen molar-refractivity contribution in [3.8, 4) is 0 Å². The topological polar surface area (TPSA) is 63.1 Å². The van der Waals surface area contributed by atoms with Crippen LogP contribution < -0.4 is 0 Å². The van der Waals surface area contributed by atoms with Gasteiger partial charge in [-0.1, -0.05) is 11.8 Å². The number of hydrogen-bond acceptors (Lipinski definition) is 5. The molecule has 0 aliphatic rings. The van der Waals surface area contributed by atoms with E-state index < -0.39 is 0 Å². The summed E-state index contributed by atoms with van der Waals surface area (Å²) in [5.74, 6) is 0. The molecular weight excluding hydrogens is 188 g/mol. The maximum absolute atomic E-state index is 10.4. The van der Waals surface area contributed by atoms with E-state index in [4.69, 9.17) is 5.11 Å². The molecule has 0 atom stereocenters. The molecule has 4 nitrogen and oxygen atoms in total. The molecule has 13 heavy (non-hydrogen) atoms. The summed E-state index contributed by atoms with van der Waals surface area (Å²) in [5.41, 5.74) is 0.578. The number of rotatable bonds is 3. The number of carbonyl (C=O) groups excluding carboxylic acids is 1. The highest BCUT2D eigenvalue weighted by Gasteiger charge is 2.03. The Kier molecular flexibility index (Phi) is 3.45. The molecule has 0 saturated carbocycles. The maximum atomic E-state index is 10.4. The fourth-order valence-corrected chi connectivity index (χ4v) is 1.11. The van der Waals surface area contributed by atoms with Crippen molar-refractivity contribution in [2.24, 2.45) is 0 Å². The Hall–Kier alpha value is -1.36. The molecule has 5 heteroatoms. The summed E-state index contributed by atoms with van der Waals surface area (Å²) < 4.78 is 0. The molecule has 0 aromatic carbocycles. The van der Waals surface area contributed by atoms with Gasteiger partial charge in [0, 0.05) is 6.20 Å². The minimum Gasteiger partial charge on any atom is -0.515 e. The van der Waals surface area contributed by atoms with Gasteiger partial charge in [0.25, 0.3) is 0 Å². The minimum atomic E-state index is 0.151. The van der Waals surface area contributed by atoms with Gasteiger partial charge < -0.3 is 5.11 Å². The summed E-state index contributed by atoms with van der Waals surface area (Å²) in [6, 6.07) is 1.57. The lowest BCUT2D eigenvalue weighted by Gasteiger charge is -1.98. The molecule has 0 fully saturated rings. The van der Waals surface area contributed by atoms with Gasteiger partial charge in [-0.3, -0.25) is 4.79 Å². The van der Waals surface area contributed by atoms with Crippen LogP contribution in [0.3, 0.4) is 0 Å². The van der Waals surface area contributed by atoms with E-state index in [1.54, 1.807) is 12.3 Å². The number of aliphatic hydroxyl groups is 1. The summed E-state index contributed by atoms with van der Waals surface area (Å²) >= 11 is 1.37. The average Bonchev–Trinajstić information content (AvgIpc) is 2.20. The van der Waals surface area contributed by atoms with Crippen LogP contribution >= 0.6 is 11.8 Å². The number of thioether (sulfide) groups is 1. The van der Waals surface area contributed by atoms with Gasteiger partial charge in [0.2, 0.25) is 0 Å². The summed E-state index contributed by atoms with van der Waals surface area (Å²) in [7, 11) is 0. The highest BCUT2D eigenvalue weighted by molar-refractivity contribution is 7.98.